The standard InChI is InChI=1S/C22H24ClN7O/c1-13(29-22-19-21(26-11-25-19)27-12-28-22)16-9-17(23)15-6-3-7-24-18(15)20(16)30-8-4-5-14(30)10-31-2/h3,6-7,9,11-14H,4-5,8,10H2,1-2H3,(H2,25,26,27,28,29)/t13?,14-/m1/s1. The van der Waals surface area contributed by atoms with Crippen molar-refractivity contribution >= 4 is 45.2 Å². The van der Waals surface area contributed by atoms with E-state index in [-0.39, 0.29) is 6.04 Å². The number of H-pyrrole nitrogens is 1. The molecule has 0 aliphatic carbocycles. The number of pyridine rings is 1. The van der Waals surface area contributed by atoms with Crippen molar-refractivity contribution < 1.29 is 4.74 Å². The number of nitrogens with one attached hydrogen (secondary N) is 2. The molecule has 0 saturated carbocycles. The lowest BCUT2D eigenvalue weighted by Gasteiger charge is -2.31. The molecule has 0 radical (unpaired) electrons. The molecule has 0 spiro atoms. The fourth-order valence-electron chi connectivity index (χ4n) is 4.49. The minimum Gasteiger partial charge on any atom is -0.383 e. The van der Waals surface area contributed by atoms with E-state index in [0.717, 1.165) is 47.1 Å². The van der Waals surface area contributed by atoms with Crippen LogP contribution in [0, 0.1) is 0 Å². The number of aromatic amines is 1. The molecule has 1 aliphatic heterocycles. The van der Waals surface area contributed by atoms with Crippen molar-refractivity contribution in [2.75, 3.05) is 30.5 Å². The number of nitrogens with zero attached hydrogens (tertiary/aromatic N) is 5. The number of ether oxygens (including phenoxy) is 1. The minimum absolute atomic E-state index is 0.0795. The van der Waals surface area contributed by atoms with Gasteiger partial charge in [-0.2, -0.15) is 0 Å². The molecule has 5 rings (SSSR count). The predicted octanol–water partition coefficient (Wildman–Crippen LogP) is 4.34. The average molecular weight is 438 g/mol. The summed E-state index contributed by atoms with van der Waals surface area (Å²) in [5, 5.41) is 5.17. The molecule has 8 nitrogen and oxygen atoms in total. The molecular weight excluding hydrogens is 414 g/mol. The van der Waals surface area contributed by atoms with E-state index >= 15 is 0 Å². The number of benzene rings is 1. The normalized spacial score (nSPS) is 17.5. The lowest BCUT2D eigenvalue weighted by Crippen LogP contribution is -2.34. The highest BCUT2D eigenvalue weighted by Gasteiger charge is 2.30. The van der Waals surface area contributed by atoms with Crippen LogP contribution in [0.4, 0.5) is 11.5 Å². The smallest absolute Gasteiger partial charge is 0.182 e. The molecule has 1 aromatic carbocycles. The second-order valence-electron chi connectivity index (χ2n) is 7.83. The van der Waals surface area contributed by atoms with Gasteiger partial charge >= 0.3 is 0 Å². The molecule has 4 heterocycles. The number of anilines is 2. The van der Waals surface area contributed by atoms with Gasteiger partial charge in [-0.25, -0.2) is 15.0 Å². The van der Waals surface area contributed by atoms with Gasteiger partial charge < -0.3 is 19.9 Å². The lowest BCUT2D eigenvalue weighted by atomic mass is 10.0. The molecule has 1 fully saturated rings. The molecule has 9 heteroatoms. The van der Waals surface area contributed by atoms with Gasteiger partial charge in [0.1, 0.15) is 11.8 Å². The van der Waals surface area contributed by atoms with Gasteiger partial charge in [-0.15, -0.1) is 0 Å². The van der Waals surface area contributed by atoms with Crippen LogP contribution in [0.15, 0.2) is 37.1 Å². The van der Waals surface area contributed by atoms with Crippen molar-refractivity contribution in [2.45, 2.75) is 31.8 Å². The summed E-state index contributed by atoms with van der Waals surface area (Å²) in [4.78, 5) is 23.1. The van der Waals surface area contributed by atoms with Crippen LogP contribution in [0.1, 0.15) is 31.4 Å². The Morgan fingerprint density at radius 2 is 2.23 bits per heavy atom. The lowest BCUT2D eigenvalue weighted by molar-refractivity contribution is 0.181. The fraction of sp³-hybridized carbons (Fsp3) is 0.364. The highest BCUT2D eigenvalue weighted by Crippen LogP contribution is 2.41. The largest absolute Gasteiger partial charge is 0.383 e. The maximum Gasteiger partial charge on any atom is 0.182 e. The van der Waals surface area contributed by atoms with E-state index in [1.54, 1.807) is 13.4 Å². The highest BCUT2D eigenvalue weighted by molar-refractivity contribution is 6.36. The van der Waals surface area contributed by atoms with Crippen molar-refractivity contribution in [2.24, 2.45) is 0 Å². The molecule has 3 aromatic heterocycles. The zero-order valence-electron chi connectivity index (χ0n) is 17.5. The molecule has 4 aromatic rings. The summed E-state index contributed by atoms with van der Waals surface area (Å²) in [5.41, 5.74) is 4.50. The zero-order valence-corrected chi connectivity index (χ0v) is 18.2. The molecule has 1 aliphatic rings. The van der Waals surface area contributed by atoms with Crippen molar-refractivity contribution in [3.8, 4) is 0 Å². The summed E-state index contributed by atoms with van der Waals surface area (Å²) < 4.78 is 5.52. The van der Waals surface area contributed by atoms with Gasteiger partial charge in [0.25, 0.3) is 0 Å². The van der Waals surface area contributed by atoms with Crippen LogP contribution < -0.4 is 10.2 Å². The third kappa shape index (κ3) is 3.55. The Morgan fingerprint density at radius 3 is 3.10 bits per heavy atom. The van der Waals surface area contributed by atoms with Crippen molar-refractivity contribution in [1.29, 1.82) is 0 Å². The Labute approximate surface area is 185 Å². The SMILES string of the molecule is COC[C@H]1CCCN1c1c(C(C)Nc2ncnc3nc[nH]c23)cc(Cl)c2cccnc12. The Hall–Kier alpha value is -2.97. The van der Waals surface area contributed by atoms with Gasteiger partial charge in [0.2, 0.25) is 0 Å². The van der Waals surface area contributed by atoms with E-state index in [1.165, 1.54) is 6.33 Å². The second kappa shape index (κ2) is 8.28. The second-order valence-corrected chi connectivity index (χ2v) is 8.24. The van der Waals surface area contributed by atoms with Crippen LogP contribution in [0.2, 0.25) is 5.02 Å². The van der Waals surface area contributed by atoms with Gasteiger partial charge in [0, 0.05) is 30.8 Å². The van der Waals surface area contributed by atoms with Crippen LogP contribution in [-0.2, 0) is 4.74 Å². The Kier molecular flexibility index (Phi) is 5.33. The maximum atomic E-state index is 6.71. The number of methoxy groups -OCH3 is 1. The first-order valence-electron chi connectivity index (χ1n) is 10.4. The monoisotopic (exact) mass is 437 g/mol. The quantitative estimate of drug-likeness (QED) is 0.463. The summed E-state index contributed by atoms with van der Waals surface area (Å²) >= 11 is 6.71. The molecule has 2 atom stereocenters. The van der Waals surface area contributed by atoms with E-state index < -0.39 is 0 Å². The first-order chi connectivity index (χ1) is 15.2. The van der Waals surface area contributed by atoms with Crippen LogP contribution in [0.3, 0.4) is 0 Å². The molecular formula is C22H24ClN7O. The van der Waals surface area contributed by atoms with Gasteiger partial charge in [-0.3, -0.25) is 4.98 Å². The molecule has 1 unspecified atom stereocenters. The number of aromatic nitrogens is 5. The minimum atomic E-state index is -0.0795. The number of rotatable bonds is 6. The first kappa shape index (κ1) is 20.0. The summed E-state index contributed by atoms with van der Waals surface area (Å²) in [5.74, 6) is 0.702. The summed E-state index contributed by atoms with van der Waals surface area (Å²) in [6.45, 7) is 3.74. The van der Waals surface area contributed by atoms with Gasteiger partial charge in [0.15, 0.2) is 11.5 Å². The summed E-state index contributed by atoms with van der Waals surface area (Å²) in [7, 11) is 1.75. The Bertz CT molecular complexity index is 1230. The third-order valence-corrected chi connectivity index (χ3v) is 6.22. The Balaban J connectivity index is 1.63. The highest BCUT2D eigenvalue weighted by atomic mass is 35.5. The van der Waals surface area contributed by atoms with Crippen molar-refractivity contribution in [1.82, 2.24) is 24.9 Å². The zero-order chi connectivity index (χ0) is 21.4. The molecule has 0 amide bonds. The van der Waals surface area contributed by atoms with Crippen LogP contribution in [-0.4, -0.2) is 51.2 Å². The summed E-state index contributed by atoms with van der Waals surface area (Å²) in [6.07, 6.45) is 7.17. The Morgan fingerprint density at radius 1 is 1.32 bits per heavy atom. The van der Waals surface area contributed by atoms with E-state index in [9.17, 15) is 0 Å². The van der Waals surface area contributed by atoms with E-state index in [2.05, 4.69) is 37.1 Å². The first-order valence-corrected chi connectivity index (χ1v) is 10.8. The maximum absolute atomic E-state index is 6.71. The van der Waals surface area contributed by atoms with Gasteiger partial charge in [-0.1, -0.05) is 11.6 Å². The van der Waals surface area contributed by atoms with E-state index in [1.807, 2.05) is 24.4 Å². The van der Waals surface area contributed by atoms with E-state index in [0.29, 0.717) is 29.1 Å². The number of halogens is 1. The third-order valence-electron chi connectivity index (χ3n) is 5.91. The summed E-state index contributed by atoms with van der Waals surface area (Å²) in [6, 6.07) is 6.22. The van der Waals surface area contributed by atoms with Crippen molar-refractivity contribution in [3.05, 3.63) is 47.6 Å². The number of imidazole rings is 1. The predicted molar refractivity (Wildman–Crippen MR) is 123 cm³/mol. The van der Waals surface area contributed by atoms with Gasteiger partial charge in [0.05, 0.1) is 41.2 Å². The average Bonchev–Trinajstić information content (AvgIpc) is 3.44. The molecule has 2 N–H and O–H groups in total. The fourth-order valence-corrected chi connectivity index (χ4v) is 4.76. The van der Waals surface area contributed by atoms with Crippen LogP contribution in [0.25, 0.3) is 22.1 Å². The molecule has 0 bridgehead atoms. The van der Waals surface area contributed by atoms with Gasteiger partial charge in [-0.05, 0) is 38.0 Å². The van der Waals surface area contributed by atoms with Crippen LogP contribution in [0.5, 0.6) is 0 Å². The van der Waals surface area contributed by atoms with Crippen molar-refractivity contribution in [3.63, 3.8) is 0 Å². The van der Waals surface area contributed by atoms with Crippen LogP contribution >= 0.6 is 11.6 Å². The topological polar surface area (TPSA) is 91.9 Å². The van der Waals surface area contributed by atoms with E-state index in [4.69, 9.17) is 21.3 Å². The number of fused-ring (bicyclic) bond motifs is 2. The molecule has 160 valence electrons. The molecule has 1 saturated heterocycles. The number of hydrogen-bond donors (Lipinski definition) is 2. The molecule has 31 heavy (non-hydrogen) atoms. The number of hydrogen-bond acceptors (Lipinski definition) is 7.